The molecule has 0 unspecified atom stereocenters. The van der Waals surface area contributed by atoms with Crippen LogP contribution in [0.1, 0.15) is 26.2 Å². The predicted octanol–water partition coefficient (Wildman–Crippen LogP) is 3.14. The molecule has 0 bridgehead atoms. The van der Waals surface area contributed by atoms with Crippen LogP contribution in [0.5, 0.6) is 5.75 Å². The zero-order valence-corrected chi connectivity index (χ0v) is 14.5. The third-order valence-electron chi connectivity index (χ3n) is 4.09. The number of amides is 2. The first kappa shape index (κ1) is 17.7. The summed E-state index contributed by atoms with van der Waals surface area (Å²) in [5.74, 6) is -0.820. The Kier molecular flexibility index (Phi) is 5.31. The molecule has 0 aromatic heterocycles. The van der Waals surface area contributed by atoms with E-state index in [2.05, 4.69) is 5.32 Å². The number of ether oxygens (including phenoxy) is 1. The SMILES string of the molecule is CCCC(=O)N1c2ccccc2OC(=O)[C@@H]1CC(=O)Nc1ccccc1. The highest BCUT2D eigenvalue weighted by Gasteiger charge is 2.39. The van der Waals surface area contributed by atoms with Crippen LogP contribution in [-0.4, -0.2) is 23.8 Å². The molecule has 2 aromatic carbocycles. The van der Waals surface area contributed by atoms with Crippen LogP contribution >= 0.6 is 0 Å². The summed E-state index contributed by atoms with van der Waals surface area (Å²) < 4.78 is 5.34. The molecule has 0 spiro atoms. The number of esters is 1. The highest BCUT2D eigenvalue weighted by Crippen LogP contribution is 2.35. The Balaban J connectivity index is 1.84. The first-order valence-corrected chi connectivity index (χ1v) is 8.58. The fourth-order valence-electron chi connectivity index (χ4n) is 2.92. The normalized spacial score (nSPS) is 15.8. The van der Waals surface area contributed by atoms with Gasteiger partial charge in [0.1, 0.15) is 6.04 Å². The van der Waals surface area contributed by atoms with Crippen molar-refractivity contribution in [3.63, 3.8) is 0 Å². The van der Waals surface area contributed by atoms with Crippen LogP contribution in [0, 0.1) is 0 Å². The number of rotatable bonds is 5. The van der Waals surface area contributed by atoms with E-state index in [9.17, 15) is 14.4 Å². The molecule has 0 fully saturated rings. The number of nitrogens with zero attached hydrogens (tertiary/aromatic N) is 1. The Morgan fingerprint density at radius 2 is 1.77 bits per heavy atom. The quantitative estimate of drug-likeness (QED) is 0.663. The van der Waals surface area contributed by atoms with Crippen molar-refractivity contribution in [2.75, 3.05) is 10.2 Å². The van der Waals surface area contributed by atoms with Gasteiger partial charge in [-0.1, -0.05) is 37.3 Å². The molecule has 0 radical (unpaired) electrons. The molecule has 1 atom stereocenters. The molecule has 26 heavy (non-hydrogen) atoms. The van der Waals surface area contributed by atoms with E-state index in [1.165, 1.54) is 4.90 Å². The Bertz CT molecular complexity index is 820. The lowest BCUT2D eigenvalue weighted by atomic mass is 10.1. The number of carbonyl (C=O) groups excluding carboxylic acids is 3. The van der Waals surface area contributed by atoms with Crippen molar-refractivity contribution in [3.05, 3.63) is 54.6 Å². The fourth-order valence-corrected chi connectivity index (χ4v) is 2.92. The third kappa shape index (κ3) is 3.74. The summed E-state index contributed by atoms with van der Waals surface area (Å²) in [5, 5.41) is 2.74. The van der Waals surface area contributed by atoms with E-state index in [1.807, 2.05) is 13.0 Å². The molecule has 1 aliphatic rings. The minimum absolute atomic E-state index is 0.169. The lowest BCUT2D eigenvalue weighted by molar-refractivity contribution is -0.140. The van der Waals surface area contributed by atoms with Crippen LogP contribution in [0.15, 0.2) is 54.6 Å². The number of nitrogens with one attached hydrogen (secondary N) is 1. The van der Waals surface area contributed by atoms with E-state index >= 15 is 0 Å². The highest BCUT2D eigenvalue weighted by molar-refractivity contribution is 6.06. The zero-order chi connectivity index (χ0) is 18.5. The van der Waals surface area contributed by atoms with Gasteiger partial charge in [0.05, 0.1) is 12.1 Å². The van der Waals surface area contributed by atoms with Crippen molar-refractivity contribution < 1.29 is 19.1 Å². The van der Waals surface area contributed by atoms with Gasteiger partial charge in [0.2, 0.25) is 11.8 Å². The van der Waals surface area contributed by atoms with E-state index in [1.54, 1.807) is 48.5 Å². The monoisotopic (exact) mass is 352 g/mol. The molecule has 0 saturated heterocycles. The topological polar surface area (TPSA) is 75.7 Å². The minimum Gasteiger partial charge on any atom is -0.423 e. The molecule has 6 nitrogen and oxygen atoms in total. The molecule has 6 heteroatoms. The number of carbonyl (C=O) groups is 3. The third-order valence-corrected chi connectivity index (χ3v) is 4.09. The van der Waals surface area contributed by atoms with Gasteiger partial charge in [-0.2, -0.15) is 0 Å². The smallest absolute Gasteiger partial charge is 0.335 e. The summed E-state index contributed by atoms with van der Waals surface area (Å²) in [4.78, 5) is 38.9. The number of hydrogen-bond acceptors (Lipinski definition) is 4. The molecular weight excluding hydrogens is 332 g/mol. The largest absolute Gasteiger partial charge is 0.423 e. The zero-order valence-electron chi connectivity index (χ0n) is 14.5. The van der Waals surface area contributed by atoms with E-state index in [0.29, 0.717) is 30.0 Å². The molecule has 2 amide bonds. The molecule has 2 aromatic rings. The van der Waals surface area contributed by atoms with Crippen molar-refractivity contribution in [2.45, 2.75) is 32.2 Å². The second kappa shape index (κ2) is 7.82. The Hall–Kier alpha value is -3.15. The lowest BCUT2D eigenvalue weighted by Crippen LogP contribution is -2.51. The average Bonchev–Trinajstić information content (AvgIpc) is 2.63. The summed E-state index contributed by atoms with van der Waals surface area (Å²) in [6.45, 7) is 1.89. The van der Waals surface area contributed by atoms with Crippen LogP contribution in [-0.2, 0) is 14.4 Å². The maximum absolute atomic E-state index is 12.6. The van der Waals surface area contributed by atoms with Crippen molar-refractivity contribution in [1.29, 1.82) is 0 Å². The molecule has 1 aliphatic heterocycles. The van der Waals surface area contributed by atoms with Gasteiger partial charge >= 0.3 is 5.97 Å². The second-order valence-corrected chi connectivity index (χ2v) is 6.04. The van der Waals surface area contributed by atoms with Crippen molar-refractivity contribution in [1.82, 2.24) is 0 Å². The molecule has 0 aliphatic carbocycles. The van der Waals surface area contributed by atoms with Crippen LogP contribution in [0.3, 0.4) is 0 Å². The summed E-state index contributed by atoms with van der Waals surface area (Å²) in [6.07, 6.45) is 0.769. The van der Waals surface area contributed by atoms with Crippen LogP contribution in [0.4, 0.5) is 11.4 Å². The van der Waals surface area contributed by atoms with Gasteiger partial charge in [-0.15, -0.1) is 0 Å². The van der Waals surface area contributed by atoms with E-state index in [0.717, 1.165) is 0 Å². The van der Waals surface area contributed by atoms with Crippen LogP contribution in [0.2, 0.25) is 0 Å². The maximum Gasteiger partial charge on any atom is 0.335 e. The van der Waals surface area contributed by atoms with Gasteiger partial charge < -0.3 is 10.1 Å². The average molecular weight is 352 g/mol. The van der Waals surface area contributed by atoms with Gasteiger partial charge in [0.25, 0.3) is 0 Å². The first-order chi connectivity index (χ1) is 12.6. The molecule has 3 rings (SSSR count). The van der Waals surface area contributed by atoms with Gasteiger partial charge in [0.15, 0.2) is 5.75 Å². The van der Waals surface area contributed by atoms with Crippen molar-refractivity contribution in [3.8, 4) is 5.75 Å². The van der Waals surface area contributed by atoms with Crippen molar-refractivity contribution in [2.24, 2.45) is 0 Å². The Labute approximate surface area is 151 Å². The Morgan fingerprint density at radius 3 is 2.50 bits per heavy atom. The van der Waals surface area contributed by atoms with E-state index in [4.69, 9.17) is 4.74 Å². The van der Waals surface area contributed by atoms with Gasteiger partial charge in [-0.3, -0.25) is 14.5 Å². The number of fused-ring (bicyclic) bond motifs is 1. The molecular formula is C20H20N2O4. The predicted molar refractivity (Wildman–Crippen MR) is 97.9 cm³/mol. The number of anilines is 2. The van der Waals surface area contributed by atoms with Gasteiger partial charge in [-0.25, -0.2) is 4.79 Å². The first-order valence-electron chi connectivity index (χ1n) is 8.58. The van der Waals surface area contributed by atoms with Gasteiger partial charge in [-0.05, 0) is 30.7 Å². The Morgan fingerprint density at radius 1 is 1.08 bits per heavy atom. The van der Waals surface area contributed by atoms with Crippen LogP contribution < -0.4 is 15.0 Å². The minimum atomic E-state index is -0.979. The molecule has 134 valence electrons. The summed E-state index contributed by atoms with van der Waals surface area (Å²) in [6, 6.07) is 14.8. The van der Waals surface area contributed by atoms with E-state index in [-0.39, 0.29) is 18.2 Å². The fraction of sp³-hybridized carbons (Fsp3) is 0.250. The number of benzene rings is 2. The molecule has 1 heterocycles. The van der Waals surface area contributed by atoms with E-state index < -0.39 is 12.0 Å². The van der Waals surface area contributed by atoms with Gasteiger partial charge in [0, 0.05) is 12.1 Å². The maximum atomic E-state index is 12.6. The standard InChI is InChI=1S/C20H20N2O4/c1-2-8-19(24)22-15-11-6-7-12-17(15)26-20(25)16(22)13-18(23)21-14-9-4-3-5-10-14/h3-7,9-12,16H,2,8,13H2,1H3,(H,21,23)/t16-/m0/s1. The lowest BCUT2D eigenvalue weighted by Gasteiger charge is -2.35. The highest BCUT2D eigenvalue weighted by atomic mass is 16.5. The molecule has 0 saturated carbocycles. The second-order valence-electron chi connectivity index (χ2n) is 6.04. The number of hydrogen-bond donors (Lipinski definition) is 1. The number of para-hydroxylation sites is 3. The molecule has 1 N–H and O–H groups in total. The summed E-state index contributed by atoms with van der Waals surface area (Å²) >= 11 is 0. The van der Waals surface area contributed by atoms with Crippen LogP contribution in [0.25, 0.3) is 0 Å². The van der Waals surface area contributed by atoms with Crippen molar-refractivity contribution >= 4 is 29.2 Å². The summed E-state index contributed by atoms with van der Waals surface area (Å²) in [5.41, 5.74) is 1.15. The summed E-state index contributed by atoms with van der Waals surface area (Å²) in [7, 11) is 0.